The van der Waals surface area contributed by atoms with Gasteiger partial charge in [0.05, 0.1) is 0 Å². The van der Waals surface area contributed by atoms with Gasteiger partial charge in [-0.2, -0.15) is 0 Å². The van der Waals surface area contributed by atoms with Crippen LogP contribution < -0.4 is 10.6 Å². The maximum atomic E-state index is 6.35. The first-order chi connectivity index (χ1) is 23.3. The lowest BCUT2D eigenvalue weighted by Gasteiger charge is -2.24. The molecule has 6 aliphatic rings. The van der Waals surface area contributed by atoms with Crippen LogP contribution in [0.5, 0.6) is 0 Å². The summed E-state index contributed by atoms with van der Waals surface area (Å²) in [5, 5.41) is 1.22. The molecule has 0 fully saturated rings. The Morgan fingerprint density at radius 2 is 1.45 bits per heavy atom. The minimum Gasteiger partial charge on any atom is -0.457 e. The van der Waals surface area contributed by atoms with E-state index in [1.165, 1.54) is 57.9 Å². The van der Waals surface area contributed by atoms with Crippen molar-refractivity contribution in [2.24, 2.45) is 11.8 Å². The van der Waals surface area contributed by atoms with Crippen molar-refractivity contribution in [2.45, 2.75) is 76.5 Å². The third kappa shape index (κ3) is 5.48. The van der Waals surface area contributed by atoms with Crippen molar-refractivity contribution in [2.75, 3.05) is 0 Å². The van der Waals surface area contributed by atoms with Crippen LogP contribution in [-0.4, -0.2) is 15.0 Å². The summed E-state index contributed by atoms with van der Waals surface area (Å²) in [6.45, 7) is 0. The van der Waals surface area contributed by atoms with Crippen LogP contribution in [0.15, 0.2) is 101 Å². The van der Waals surface area contributed by atoms with Crippen molar-refractivity contribution in [1.29, 1.82) is 0 Å². The highest BCUT2D eigenvalue weighted by Gasteiger charge is 2.25. The summed E-state index contributed by atoms with van der Waals surface area (Å²) < 4.78 is 6.35. The lowest BCUT2D eigenvalue weighted by atomic mass is 9.81. The van der Waals surface area contributed by atoms with Gasteiger partial charge in [-0.25, -0.2) is 15.0 Å². The summed E-state index contributed by atoms with van der Waals surface area (Å²) in [6, 6.07) is 6.88. The van der Waals surface area contributed by atoms with Gasteiger partial charge in [0.25, 0.3) is 0 Å². The normalized spacial score (nSPS) is 24.3. The van der Waals surface area contributed by atoms with E-state index in [9.17, 15) is 0 Å². The van der Waals surface area contributed by atoms with Gasteiger partial charge in [-0.1, -0.05) is 79.0 Å². The quantitative estimate of drug-likeness (QED) is 0.290. The minimum absolute atomic E-state index is 0.117. The van der Waals surface area contributed by atoms with Crippen LogP contribution in [-0.2, 0) is 19.3 Å². The Morgan fingerprint density at radius 1 is 0.638 bits per heavy atom. The largest absolute Gasteiger partial charge is 0.457 e. The van der Waals surface area contributed by atoms with E-state index >= 15 is 0 Å². The molecule has 3 atom stereocenters. The predicted octanol–water partition coefficient (Wildman–Crippen LogP) is 8.35. The number of allylic oxidation sites excluding steroid dienone is 13. The van der Waals surface area contributed by atoms with Crippen LogP contribution in [0.2, 0.25) is 0 Å². The topological polar surface area (TPSA) is 51.8 Å². The number of hydrogen-bond donors (Lipinski definition) is 0. The molecule has 4 nitrogen and oxygen atoms in total. The van der Waals surface area contributed by atoms with Gasteiger partial charge in [0, 0.05) is 39.7 Å². The second-order valence-electron chi connectivity index (χ2n) is 13.8. The minimum atomic E-state index is 0.117. The van der Waals surface area contributed by atoms with Crippen LogP contribution in [0.3, 0.4) is 0 Å². The average Bonchev–Trinajstić information content (AvgIpc) is 3.54. The average molecular weight is 616 g/mol. The summed E-state index contributed by atoms with van der Waals surface area (Å²) in [5.74, 6) is 4.53. The van der Waals surface area contributed by atoms with Gasteiger partial charge in [0.2, 0.25) is 0 Å². The molecule has 0 aliphatic heterocycles. The van der Waals surface area contributed by atoms with Crippen molar-refractivity contribution >= 4 is 17.7 Å². The second-order valence-corrected chi connectivity index (χ2v) is 13.8. The van der Waals surface area contributed by atoms with Gasteiger partial charge in [-0.15, -0.1) is 0 Å². The molecule has 2 heterocycles. The van der Waals surface area contributed by atoms with E-state index in [0.29, 0.717) is 11.8 Å². The molecule has 47 heavy (non-hydrogen) atoms. The lowest BCUT2D eigenvalue weighted by molar-refractivity contribution is 0.515. The Labute approximate surface area is 277 Å². The molecule has 234 valence electrons. The Kier molecular flexibility index (Phi) is 7.45. The Balaban J connectivity index is 1.06. The van der Waals surface area contributed by atoms with Crippen LogP contribution in [0.1, 0.15) is 91.4 Å². The number of nitrogens with zero attached hydrogens (tertiary/aromatic N) is 3. The second kappa shape index (κ2) is 12.2. The van der Waals surface area contributed by atoms with Gasteiger partial charge < -0.3 is 4.42 Å². The van der Waals surface area contributed by atoms with Gasteiger partial charge in [0.1, 0.15) is 17.0 Å². The molecular formula is C43H41N3O. The van der Waals surface area contributed by atoms with Gasteiger partial charge in [-0.05, 0) is 111 Å². The number of fused-ring (bicyclic) bond motifs is 4. The number of benzene rings is 1. The Morgan fingerprint density at radius 3 is 2.26 bits per heavy atom. The van der Waals surface area contributed by atoms with Crippen molar-refractivity contribution in [3.63, 3.8) is 0 Å². The number of aromatic nitrogens is 3. The van der Waals surface area contributed by atoms with E-state index in [0.717, 1.165) is 85.6 Å². The zero-order valence-corrected chi connectivity index (χ0v) is 27.0. The van der Waals surface area contributed by atoms with Gasteiger partial charge in [-0.3, -0.25) is 0 Å². The zero-order chi connectivity index (χ0) is 31.2. The smallest absolute Gasteiger partial charge is 0.163 e. The standard InChI is InChI=1S/C43H41N3O/c1-2-9-28(10-3-1)30-17-19-31(20-18-30)32-21-24-33(25-22-32)41-44-42(35-26-23-29-11-4-5-12-34(29)27-35)46-43(45-41)37-14-8-16-39-40(37)36-13-6-7-15-38(36)47-39/h1-3,7,9,15-19,21-24,26-28,31,33H,4-6,8,10-14,20,25H2. The maximum Gasteiger partial charge on any atom is 0.163 e. The van der Waals surface area contributed by atoms with E-state index in [2.05, 4.69) is 97.2 Å². The van der Waals surface area contributed by atoms with Gasteiger partial charge in [0.15, 0.2) is 11.6 Å². The predicted molar refractivity (Wildman–Crippen MR) is 190 cm³/mol. The van der Waals surface area contributed by atoms with E-state index in [4.69, 9.17) is 19.4 Å². The molecule has 1 aromatic carbocycles. The summed E-state index contributed by atoms with van der Waals surface area (Å²) in [6.07, 6.45) is 41.6. The van der Waals surface area contributed by atoms with Crippen LogP contribution >= 0.6 is 0 Å². The van der Waals surface area contributed by atoms with Crippen LogP contribution in [0.25, 0.3) is 29.1 Å². The van der Waals surface area contributed by atoms with E-state index in [1.807, 2.05) is 0 Å². The van der Waals surface area contributed by atoms with E-state index < -0.39 is 0 Å². The molecule has 0 saturated carbocycles. The van der Waals surface area contributed by atoms with Crippen LogP contribution in [0.4, 0.5) is 0 Å². The number of furan rings is 1. The van der Waals surface area contributed by atoms with Crippen LogP contribution in [0, 0.1) is 11.8 Å². The molecule has 0 saturated heterocycles. The fraction of sp³-hybridized carbons (Fsp3) is 0.326. The molecule has 3 aromatic rings. The fourth-order valence-electron chi connectivity index (χ4n) is 8.26. The molecule has 9 rings (SSSR count). The first-order valence-corrected chi connectivity index (χ1v) is 17.8. The molecule has 0 bridgehead atoms. The first-order valence-electron chi connectivity index (χ1n) is 17.8. The Hall–Kier alpha value is -4.57. The molecule has 0 N–H and O–H groups in total. The highest BCUT2D eigenvalue weighted by Crippen LogP contribution is 2.35. The molecule has 6 aliphatic carbocycles. The van der Waals surface area contributed by atoms with E-state index in [-0.39, 0.29) is 5.92 Å². The molecule has 4 heteroatoms. The Bertz CT molecular complexity index is 2100. The maximum absolute atomic E-state index is 6.35. The first kappa shape index (κ1) is 28.6. The number of rotatable bonds is 5. The number of hydrogen-bond acceptors (Lipinski definition) is 4. The number of aryl methyl sites for hydroxylation is 2. The fourth-order valence-corrected chi connectivity index (χ4v) is 8.26. The zero-order valence-electron chi connectivity index (χ0n) is 27.0. The summed E-state index contributed by atoms with van der Waals surface area (Å²) in [5.41, 5.74) is 10.4. The third-order valence-electron chi connectivity index (χ3n) is 10.9. The summed E-state index contributed by atoms with van der Waals surface area (Å²) in [7, 11) is 0. The SMILES string of the molecule is C1=CCC(C2=CCC(C3=CCC(c4nc(C5=c6c7c(oc6=CCC5)C=CCC7)nc(-c5ccc6c(c5)CCCC6)n4)C=C3)C=C2)C=C1. The molecular weight excluding hydrogens is 574 g/mol. The van der Waals surface area contributed by atoms with Crippen molar-refractivity contribution < 1.29 is 4.42 Å². The van der Waals surface area contributed by atoms with Crippen molar-refractivity contribution in [3.8, 4) is 11.4 Å². The highest BCUT2D eigenvalue weighted by atomic mass is 16.3. The third-order valence-corrected chi connectivity index (χ3v) is 10.9. The summed E-state index contributed by atoms with van der Waals surface area (Å²) >= 11 is 0. The molecule has 0 amide bonds. The lowest BCUT2D eigenvalue weighted by Crippen LogP contribution is -2.30. The molecule has 2 aromatic heterocycles. The van der Waals surface area contributed by atoms with Crippen molar-refractivity contribution in [3.05, 3.63) is 141 Å². The van der Waals surface area contributed by atoms with E-state index in [1.54, 1.807) is 0 Å². The monoisotopic (exact) mass is 615 g/mol. The molecule has 0 radical (unpaired) electrons. The van der Waals surface area contributed by atoms with Gasteiger partial charge >= 0.3 is 0 Å². The highest BCUT2D eigenvalue weighted by molar-refractivity contribution is 5.68. The molecule has 3 unspecified atom stereocenters. The molecule has 0 spiro atoms. The van der Waals surface area contributed by atoms with Crippen molar-refractivity contribution in [1.82, 2.24) is 15.0 Å². The summed E-state index contributed by atoms with van der Waals surface area (Å²) in [4.78, 5) is 15.7.